The van der Waals surface area contributed by atoms with Crippen LogP contribution in [0.3, 0.4) is 0 Å². The van der Waals surface area contributed by atoms with E-state index in [-0.39, 0.29) is 5.91 Å². The van der Waals surface area contributed by atoms with Gasteiger partial charge in [0.1, 0.15) is 0 Å². The summed E-state index contributed by atoms with van der Waals surface area (Å²) in [5.41, 5.74) is 3.27. The number of carbonyl (C=O) groups is 1. The number of para-hydroxylation sites is 1. The Labute approximate surface area is 150 Å². The predicted molar refractivity (Wildman–Crippen MR) is 98.3 cm³/mol. The van der Waals surface area contributed by atoms with Crippen molar-refractivity contribution in [3.05, 3.63) is 64.5 Å². The number of methoxy groups -OCH3 is 2. The van der Waals surface area contributed by atoms with Gasteiger partial charge >= 0.3 is 0 Å². The Kier molecular flexibility index (Phi) is 5.30. The van der Waals surface area contributed by atoms with Gasteiger partial charge in [-0.05, 0) is 29.6 Å². The molecule has 1 amide bonds. The first kappa shape index (κ1) is 17.0. The van der Waals surface area contributed by atoms with Gasteiger partial charge in [-0.15, -0.1) is 0 Å². The molecule has 0 aliphatic heterocycles. The average molecular weight is 354 g/mol. The van der Waals surface area contributed by atoms with E-state index >= 15 is 0 Å². The van der Waals surface area contributed by atoms with Crippen molar-refractivity contribution in [2.45, 2.75) is 6.54 Å². The van der Waals surface area contributed by atoms with Crippen LogP contribution in [-0.2, 0) is 6.54 Å². The molecule has 0 spiro atoms. The number of hydrogen-bond acceptors (Lipinski definition) is 5. The van der Waals surface area contributed by atoms with Crippen molar-refractivity contribution in [1.82, 2.24) is 10.3 Å². The lowest BCUT2D eigenvalue weighted by Gasteiger charge is -2.13. The fourth-order valence-corrected chi connectivity index (χ4v) is 3.13. The normalized spacial score (nSPS) is 10.3. The van der Waals surface area contributed by atoms with Gasteiger partial charge in [-0.25, -0.2) is 0 Å². The molecule has 3 aromatic rings. The molecule has 0 radical (unpaired) electrons. The minimum Gasteiger partial charge on any atom is -0.493 e. The third-order valence-corrected chi connectivity index (χ3v) is 4.45. The average Bonchev–Trinajstić information content (AvgIpc) is 3.20. The van der Waals surface area contributed by atoms with E-state index in [0.717, 1.165) is 16.8 Å². The van der Waals surface area contributed by atoms with Crippen LogP contribution in [-0.4, -0.2) is 25.1 Å². The third kappa shape index (κ3) is 3.80. The first-order valence-corrected chi connectivity index (χ1v) is 8.64. The number of nitrogens with one attached hydrogen (secondary N) is 1. The maximum Gasteiger partial charge on any atom is 0.253 e. The summed E-state index contributed by atoms with van der Waals surface area (Å²) in [4.78, 5) is 16.7. The molecule has 1 aromatic carbocycles. The molecule has 6 heteroatoms. The quantitative estimate of drug-likeness (QED) is 0.732. The highest BCUT2D eigenvalue weighted by molar-refractivity contribution is 7.08. The number of carbonyl (C=O) groups excluding carboxylic acids is 1. The van der Waals surface area contributed by atoms with Crippen LogP contribution >= 0.6 is 11.3 Å². The van der Waals surface area contributed by atoms with Gasteiger partial charge in [-0.2, -0.15) is 11.3 Å². The molecule has 0 saturated heterocycles. The molecule has 0 aliphatic rings. The predicted octanol–water partition coefficient (Wildman–Crippen LogP) is 3.76. The lowest BCUT2D eigenvalue weighted by atomic mass is 10.1. The molecule has 128 valence electrons. The lowest BCUT2D eigenvalue weighted by Crippen LogP contribution is -2.23. The molecule has 2 heterocycles. The fourth-order valence-electron chi connectivity index (χ4n) is 2.48. The Morgan fingerprint density at radius 2 is 2.04 bits per heavy atom. The molecular weight excluding hydrogens is 336 g/mol. The number of benzene rings is 1. The largest absolute Gasteiger partial charge is 0.493 e. The summed E-state index contributed by atoms with van der Waals surface area (Å²) < 4.78 is 10.6. The first-order valence-electron chi connectivity index (χ1n) is 7.69. The zero-order valence-corrected chi connectivity index (χ0v) is 14.8. The molecule has 0 saturated carbocycles. The second-order valence-electron chi connectivity index (χ2n) is 5.28. The Morgan fingerprint density at radius 1 is 1.16 bits per heavy atom. The first-order chi connectivity index (χ1) is 12.2. The molecule has 0 atom stereocenters. The van der Waals surface area contributed by atoms with Gasteiger partial charge in [0.25, 0.3) is 5.91 Å². The number of aromatic nitrogens is 1. The summed E-state index contributed by atoms with van der Waals surface area (Å²) in [7, 11) is 3.16. The van der Waals surface area contributed by atoms with Crippen LogP contribution in [0.5, 0.6) is 11.5 Å². The number of rotatable bonds is 6. The highest BCUT2D eigenvalue weighted by atomic mass is 32.1. The number of amides is 1. The summed E-state index contributed by atoms with van der Waals surface area (Å²) in [5.74, 6) is 1.07. The summed E-state index contributed by atoms with van der Waals surface area (Å²) in [6, 6.07) is 11.2. The Balaban J connectivity index is 1.69. The lowest BCUT2D eigenvalue weighted by molar-refractivity contribution is 0.0950. The second kappa shape index (κ2) is 7.81. The van der Waals surface area contributed by atoms with Gasteiger partial charge < -0.3 is 14.8 Å². The highest BCUT2D eigenvalue weighted by Gasteiger charge is 2.12. The maximum absolute atomic E-state index is 12.3. The molecule has 25 heavy (non-hydrogen) atoms. The standard InChI is InChI=1S/C19H18N2O3S/c1-23-17-5-3-4-13(18(17)24-2)10-21-19(22)14-6-7-16(20-11-14)15-8-9-25-12-15/h3-9,11-12H,10H2,1-2H3,(H,21,22). The van der Waals surface area contributed by atoms with Crippen molar-refractivity contribution in [1.29, 1.82) is 0 Å². The van der Waals surface area contributed by atoms with Crippen LogP contribution in [0.1, 0.15) is 15.9 Å². The van der Waals surface area contributed by atoms with E-state index < -0.39 is 0 Å². The van der Waals surface area contributed by atoms with Gasteiger partial charge in [-0.1, -0.05) is 12.1 Å². The number of ether oxygens (including phenoxy) is 2. The molecule has 5 nitrogen and oxygen atoms in total. The van der Waals surface area contributed by atoms with Crippen LogP contribution in [0.15, 0.2) is 53.4 Å². The van der Waals surface area contributed by atoms with Gasteiger partial charge in [-0.3, -0.25) is 9.78 Å². The number of thiophene rings is 1. The molecule has 3 rings (SSSR count). The highest BCUT2D eigenvalue weighted by Crippen LogP contribution is 2.30. The topological polar surface area (TPSA) is 60.5 Å². The van der Waals surface area contributed by atoms with E-state index in [1.807, 2.05) is 41.1 Å². The van der Waals surface area contributed by atoms with Crippen LogP contribution in [0, 0.1) is 0 Å². The summed E-state index contributed by atoms with van der Waals surface area (Å²) in [6.45, 7) is 0.339. The number of pyridine rings is 1. The van der Waals surface area contributed by atoms with E-state index in [2.05, 4.69) is 10.3 Å². The van der Waals surface area contributed by atoms with Gasteiger partial charge in [0.2, 0.25) is 0 Å². The minimum absolute atomic E-state index is 0.186. The number of hydrogen-bond donors (Lipinski definition) is 1. The van der Waals surface area contributed by atoms with Crippen LogP contribution in [0.25, 0.3) is 11.3 Å². The summed E-state index contributed by atoms with van der Waals surface area (Å²) >= 11 is 1.62. The SMILES string of the molecule is COc1cccc(CNC(=O)c2ccc(-c3ccsc3)nc2)c1OC. The molecule has 0 fully saturated rings. The fraction of sp³-hybridized carbons (Fsp3) is 0.158. The molecule has 0 aliphatic carbocycles. The van der Waals surface area contributed by atoms with Crippen molar-refractivity contribution in [2.24, 2.45) is 0 Å². The van der Waals surface area contributed by atoms with E-state index in [1.54, 1.807) is 37.8 Å². The number of nitrogens with zero attached hydrogens (tertiary/aromatic N) is 1. The Bertz CT molecular complexity index is 846. The van der Waals surface area contributed by atoms with Gasteiger partial charge in [0, 0.05) is 29.2 Å². The van der Waals surface area contributed by atoms with E-state index in [1.165, 1.54) is 0 Å². The van der Waals surface area contributed by atoms with E-state index in [0.29, 0.717) is 23.6 Å². The Hall–Kier alpha value is -2.86. The van der Waals surface area contributed by atoms with Crippen molar-refractivity contribution in [3.8, 4) is 22.8 Å². The minimum atomic E-state index is -0.186. The van der Waals surface area contributed by atoms with Gasteiger partial charge in [0.15, 0.2) is 11.5 Å². The maximum atomic E-state index is 12.3. The van der Waals surface area contributed by atoms with Gasteiger partial charge in [0.05, 0.1) is 25.5 Å². The zero-order valence-electron chi connectivity index (χ0n) is 14.0. The summed E-state index contributed by atoms with van der Waals surface area (Å²) in [5, 5.41) is 6.91. The molecule has 0 unspecified atom stereocenters. The van der Waals surface area contributed by atoms with Crippen molar-refractivity contribution in [3.63, 3.8) is 0 Å². The molecule has 1 N–H and O–H groups in total. The molecular formula is C19H18N2O3S. The van der Waals surface area contributed by atoms with E-state index in [9.17, 15) is 4.79 Å². The smallest absolute Gasteiger partial charge is 0.253 e. The second-order valence-corrected chi connectivity index (χ2v) is 6.06. The monoisotopic (exact) mass is 354 g/mol. The van der Waals surface area contributed by atoms with Crippen LogP contribution < -0.4 is 14.8 Å². The Morgan fingerprint density at radius 3 is 2.68 bits per heavy atom. The van der Waals surface area contributed by atoms with Crippen LogP contribution in [0.4, 0.5) is 0 Å². The van der Waals surface area contributed by atoms with Crippen LogP contribution in [0.2, 0.25) is 0 Å². The van der Waals surface area contributed by atoms with Crippen molar-refractivity contribution in [2.75, 3.05) is 14.2 Å². The van der Waals surface area contributed by atoms with E-state index in [4.69, 9.17) is 9.47 Å². The third-order valence-electron chi connectivity index (χ3n) is 3.77. The van der Waals surface area contributed by atoms with Crippen molar-refractivity contribution >= 4 is 17.2 Å². The molecule has 0 bridgehead atoms. The van der Waals surface area contributed by atoms with Crippen molar-refractivity contribution < 1.29 is 14.3 Å². The summed E-state index contributed by atoms with van der Waals surface area (Å²) in [6.07, 6.45) is 1.59. The molecule has 2 aromatic heterocycles. The zero-order chi connectivity index (χ0) is 17.6.